The molecule has 106 valence electrons. The van der Waals surface area contributed by atoms with Crippen LogP contribution in [0, 0.1) is 5.41 Å². The van der Waals surface area contributed by atoms with Crippen molar-refractivity contribution in [2.24, 2.45) is 5.41 Å². The molecule has 2 aromatic rings. The second-order valence-electron chi connectivity index (χ2n) is 6.68. The number of aromatic nitrogens is 1. The zero-order valence-electron chi connectivity index (χ0n) is 12.2. The Hall–Kier alpha value is -1.77. The molecule has 1 aliphatic carbocycles. The number of hydrogen-bond donors (Lipinski definition) is 2. The number of para-hydroxylation sites is 1. The number of hydrogen-bond acceptors (Lipinski definition) is 1. The summed E-state index contributed by atoms with van der Waals surface area (Å²) >= 11 is 0. The van der Waals surface area contributed by atoms with E-state index in [1.54, 1.807) is 0 Å². The third kappa shape index (κ3) is 2.72. The predicted molar refractivity (Wildman–Crippen MR) is 81.8 cm³/mol. The summed E-state index contributed by atoms with van der Waals surface area (Å²) in [7, 11) is 0. The van der Waals surface area contributed by atoms with Gasteiger partial charge in [0, 0.05) is 16.9 Å². The Balaban J connectivity index is 1.67. The molecule has 3 nitrogen and oxygen atoms in total. The van der Waals surface area contributed by atoms with Crippen LogP contribution in [0.2, 0.25) is 0 Å². The highest BCUT2D eigenvalue weighted by molar-refractivity contribution is 5.98. The van der Waals surface area contributed by atoms with Gasteiger partial charge >= 0.3 is 0 Å². The molecule has 0 aliphatic heterocycles. The highest BCUT2D eigenvalue weighted by Gasteiger charge is 2.27. The smallest absolute Gasteiger partial charge is 0.267 e. The predicted octanol–water partition coefficient (Wildman–Crippen LogP) is 3.87. The summed E-state index contributed by atoms with van der Waals surface area (Å²) in [5.74, 6) is 0.0194. The monoisotopic (exact) mass is 270 g/mol. The van der Waals surface area contributed by atoms with Gasteiger partial charge in [-0.25, -0.2) is 0 Å². The van der Waals surface area contributed by atoms with Gasteiger partial charge in [-0.2, -0.15) is 0 Å². The molecule has 3 rings (SSSR count). The van der Waals surface area contributed by atoms with Crippen LogP contribution in [-0.4, -0.2) is 16.9 Å². The summed E-state index contributed by atoms with van der Waals surface area (Å²) in [5, 5.41) is 4.25. The van der Waals surface area contributed by atoms with Crippen molar-refractivity contribution in [3.63, 3.8) is 0 Å². The van der Waals surface area contributed by atoms with E-state index in [1.807, 2.05) is 30.3 Å². The first-order valence-corrected chi connectivity index (χ1v) is 7.42. The van der Waals surface area contributed by atoms with Crippen LogP contribution >= 0.6 is 0 Å². The number of aromatic amines is 1. The van der Waals surface area contributed by atoms with Gasteiger partial charge in [-0.1, -0.05) is 32.0 Å². The maximum Gasteiger partial charge on any atom is 0.267 e. The molecule has 1 aliphatic rings. The number of amides is 1. The molecule has 0 radical (unpaired) electrons. The van der Waals surface area contributed by atoms with Crippen LogP contribution in [0.1, 0.15) is 50.0 Å². The van der Waals surface area contributed by atoms with Crippen molar-refractivity contribution in [2.75, 3.05) is 0 Å². The molecule has 1 fully saturated rings. The van der Waals surface area contributed by atoms with Crippen molar-refractivity contribution in [1.82, 2.24) is 10.3 Å². The van der Waals surface area contributed by atoms with Gasteiger partial charge < -0.3 is 10.3 Å². The first kappa shape index (κ1) is 13.2. The Morgan fingerprint density at radius 3 is 2.65 bits per heavy atom. The molecule has 1 aromatic heterocycles. The number of carbonyl (C=O) groups is 1. The number of fused-ring (bicyclic) bond motifs is 1. The number of benzene rings is 1. The van der Waals surface area contributed by atoms with Crippen molar-refractivity contribution in [1.29, 1.82) is 0 Å². The summed E-state index contributed by atoms with van der Waals surface area (Å²) in [4.78, 5) is 15.5. The van der Waals surface area contributed by atoms with Crippen molar-refractivity contribution >= 4 is 16.8 Å². The van der Waals surface area contributed by atoms with E-state index in [0.717, 1.165) is 23.7 Å². The third-order valence-corrected chi connectivity index (χ3v) is 4.45. The van der Waals surface area contributed by atoms with Crippen molar-refractivity contribution in [3.05, 3.63) is 36.0 Å². The fraction of sp³-hybridized carbons (Fsp3) is 0.471. The van der Waals surface area contributed by atoms with Crippen LogP contribution in [0.4, 0.5) is 0 Å². The Kier molecular flexibility index (Phi) is 3.28. The van der Waals surface area contributed by atoms with Crippen LogP contribution in [0.15, 0.2) is 30.3 Å². The SMILES string of the molecule is CC1(C)CCC(NC(=O)c2cc3ccccc3[nH]2)CC1. The minimum absolute atomic E-state index is 0.0194. The Bertz CT molecular complexity index is 584. The van der Waals surface area contributed by atoms with Gasteiger partial charge in [0.05, 0.1) is 0 Å². The van der Waals surface area contributed by atoms with Gasteiger partial charge in [0.25, 0.3) is 5.91 Å². The van der Waals surface area contributed by atoms with E-state index in [1.165, 1.54) is 12.8 Å². The zero-order valence-corrected chi connectivity index (χ0v) is 12.2. The van der Waals surface area contributed by atoms with Gasteiger partial charge in [0.15, 0.2) is 0 Å². The molecule has 0 bridgehead atoms. The average Bonchev–Trinajstić information content (AvgIpc) is 2.85. The molecular weight excluding hydrogens is 248 g/mol. The second kappa shape index (κ2) is 4.97. The topological polar surface area (TPSA) is 44.9 Å². The maximum atomic E-state index is 12.3. The molecule has 20 heavy (non-hydrogen) atoms. The normalized spacial score (nSPS) is 19.1. The fourth-order valence-electron chi connectivity index (χ4n) is 3.00. The summed E-state index contributed by atoms with van der Waals surface area (Å²) < 4.78 is 0. The second-order valence-corrected chi connectivity index (χ2v) is 6.68. The van der Waals surface area contributed by atoms with Gasteiger partial charge in [-0.15, -0.1) is 0 Å². The molecule has 0 atom stereocenters. The molecule has 1 saturated carbocycles. The van der Waals surface area contributed by atoms with Gasteiger partial charge in [-0.3, -0.25) is 4.79 Å². The lowest BCUT2D eigenvalue weighted by atomic mass is 9.75. The minimum atomic E-state index is 0.0194. The molecular formula is C17H22N2O. The largest absolute Gasteiger partial charge is 0.351 e. The Labute approximate surface area is 119 Å². The number of nitrogens with one attached hydrogen (secondary N) is 2. The molecule has 1 aromatic carbocycles. The van der Waals surface area contributed by atoms with E-state index in [9.17, 15) is 4.79 Å². The molecule has 1 heterocycles. The standard InChI is InChI=1S/C17H22N2O/c1-17(2)9-7-13(8-10-17)18-16(20)15-11-12-5-3-4-6-14(12)19-15/h3-6,11,13,19H,7-10H2,1-2H3,(H,18,20). The molecule has 3 heteroatoms. The minimum Gasteiger partial charge on any atom is -0.351 e. The van der Waals surface area contributed by atoms with Crippen LogP contribution in [0.5, 0.6) is 0 Å². The van der Waals surface area contributed by atoms with E-state index >= 15 is 0 Å². The summed E-state index contributed by atoms with van der Waals surface area (Å²) in [5.41, 5.74) is 2.11. The fourth-order valence-corrected chi connectivity index (χ4v) is 3.00. The first-order chi connectivity index (χ1) is 9.53. The van der Waals surface area contributed by atoms with Gasteiger partial charge in [-0.05, 0) is 43.2 Å². The van der Waals surface area contributed by atoms with E-state index in [-0.39, 0.29) is 5.91 Å². The molecule has 0 spiro atoms. The van der Waals surface area contributed by atoms with E-state index in [4.69, 9.17) is 0 Å². The van der Waals surface area contributed by atoms with Crippen molar-refractivity contribution in [3.8, 4) is 0 Å². The summed E-state index contributed by atoms with van der Waals surface area (Å²) in [6.07, 6.45) is 4.53. The lowest BCUT2D eigenvalue weighted by Crippen LogP contribution is -2.39. The number of carbonyl (C=O) groups excluding carboxylic acids is 1. The van der Waals surface area contributed by atoms with Crippen LogP contribution < -0.4 is 5.32 Å². The quantitative estimate of drug-likeness (QED) is 0.855. The molecule has 2 N–H and O–H groups in total. The molecule has 0 unspecified atom stereocenters. The maximum absolute atomic E-state index is 12.3. The Morgan fingerprint density at radius 2 is 1.95 bits per heavy atom. The summed E-state index contributed by atoms with van der Waals surface area (Å²) in [6, 6.07) is 10.2. The van der Waals surface area contributed by atoms with E-state index in [2.05, 4.69) is 24.1 Å². The zero-order chi connectivity index (χ0) is 14.2. The molecule has 0 saturated heterocycles. The number of H-pyrrole nitrogens is 1. The number of rotatable bonds is 2. The highest BCUT2D eigenvalue weighted by Crippen LogP contribution is 2.35. The van der Waals surface area contributed by atoms with Gasteiger partial charge in [0.1, 0.15) is 5.69 Å². The lowest BCUT2D eigenvalue weighted by molar-refractivity contribution is 0.0905. The van der Waals surface area contributed by atoms with Crippen LogP contribution in [0.3, 0.4) is 0 Å². The molecule has 1 amide bonds. The van der Waals surface area contributed by atoms with Crippen LogP contribution in [-0.2, 0) is 0 Å². The van der Waals surface area contributed by atoms with E-state index < -0.39 is 0 Å². The summed E-state index contributed by atoms with van der Waals surface area (Å²) in [6.45, 7) is 4.62. The highest BCUT2D eigenvalue weighted by atomic mass is 16.1. The first-order valence-electron chi connectivity index (χ1n) is 7.42. The average molecular weight is 270 g/mol. The van der Waals surface area contributed by atoms with Crippen molar-refractivity contribution in [2.45, 2.75) is 45.6 Å². The van der Waals surface area contributed by atoms with Crippen molar-refractivity contribution < 1.29 is 4.79 Å². The third-order valence-electron chi connectivity index (χ3n) is 4.45. The van der Waals surface area contributed by atoms with Gasteiger partial charge in [0.2, 0.25) is 0 Å². The van der Waals surface area contributed by atoms with Crippen LogP contribution in [0.25, 0.3) is 10.9 Å². The van der Waals surface area contributed by atoms with E-state index in [0.29, 0.717) is 17.2 Å². The lowest BCUT2D eigenvalue weighted by Gasteiger charge is -2.34. The Morgan fingerprint density at radius 1 is 1.25 bits per heavy atom.